The molecule has 0 saturated heterocycles. The van der Waals surface area contributed by atoms with Gasteiger partial charge in [0.2, 0.25) is 5.91 Å². The Kier molecular flexibility index (Phi) is 6.02. The van der Waals surface area contributed by atoms with Crippen molar-refractivity contribution in [3.63, 3.8) is 0 Å². The normalized spacial score (nSPS) is 11.8. The summed E-state index contributed by atoms with van der Waals surface area (Å²) in [6.45, 7) is 4.42. The summed E-state index contributed by atoms with van der Waals surface area (Å²) in [5.74, 6) is -0.351. The van der Waals surface area contributed by atoms with Crippen molar-refractivity contribution < 1.29 is 22.7 Å². The summed E-state index contributed by atoms with van der Waals surface area (Å²) in [6, 6.07) is 5.66. The Morgan fingerprint density at radius 2 is 1.86 bits per heavy atom. The van der Waals surface area contributed by atoms with Crippen LogP contribution in [0, 0.1) is 0 Å². The molecule has 0 aliphatic heterocycles. The van der Waals surface area contributed by atoms with Gasteiger partial charge in [-0.1, -0.05) is 12.1 Å². The average Bonchev–Trinajstić information content (AvgIpc) is 2.28. The number of halogens is 3. The Bertz CT molecular complexity index is 458. The number of amides is 1. The first-order valence-electron chi connectivity index (χ1n) is 6.48. The number of hydrogen-bond donors (Lipinski definition) is 1. The van der Waals surface area contributed by atoms with Gasteiger partial charge in [0.1, 0.15) is 5.75 Å². The summed E-state index contributed by atoms with van der Waals surface area (Å²) >= 11 is 0. The summed E-state index contributed by atoms with van der Waals surface area (Å²) in [5.41, 5.74) is 0.796. The maximum absolute atomic E-state index is 12.0. The van der Waals surface area contributed by atoms with Crippen molar-refractivity contribution in [3.05, 3.63) is 29.8 Å². The predicted molar refractivity (Wildman–Crippen MR) is 72.7 cm³/mol. The van der Waals surface area contributed by atoms with Gasteiger partial charge >= 0.3 is 6.36 Å². The molecule has 0 aromatic heterocycles. The lowest BCUT2D eigenvalue weighted by Gasteiger charge is -2.17. The second kappa shape index (κ2) is 7.31. The van der Waals surface area contributed by atoms with E-state index in [0.29, 0.717) is 6.54 Å². The first-order chi connectivity index (χ1) is 9.65. The quantitative estimate of drug-likeness (QED) is 0.878. The Hall–Kier alpha value is -1.76. The van der Waals surface area contributed by atoms with E-state index in [2.05, 4.69) is 10.1 Å². The molecule has 0 aliphatic rings. The molecule has 1 rings (SSSR count). The van der Waals surface area contributed by atoms with Crippen molar-refractivity contribution in [2.24, 2.45) is 0 Å². The molecule has 1 aromatic carbocycles. The maximum atomic E-state index is 12.0. The molecule has 7 heteroatoms. The van der Waals surface area contributed by atoms with E-state index in [4.69, 9.17) is 0 Å². The molecule has 4 nitrogen and oxygen atoms in total. The van der Waals surface area contributed by atoms with E-state index in [1.54, 1.807) is 11.9 Å². The van der Waals surface area contributed by atoms with Crippen molar-refractivity contribution in [2.45, 2.75) is 32.8 Å². The zero-order valence-corrected chi connectivity index (χ0v) is 12.2. The molecule has 0 radical (unpaired) electrons. The van der Waals surface area contributed by atoms with Gasteiger partial charge in [0.25, 0.3) is 0 Å². The van der Waals surface area contributed by atoms with Crippen molar-refractivity contribution >= 4 is 5.91 Å². The second-order valence-corrected chi connectivity index (χ2v) is 5.09. The van der Waals surface area contributed by atoms with E-state index in [-0.39, 0.29) is 24.2 Å². The number of likely N-dealkylation sites (N-methyl/N-ethyl adjacent to an activating group) is 1. The molecule has 118 valence electrons. The Morgan fingerprint density at radius 1 is 1.29 bits per heavy atom. The third-order valence-corrected chi connectivity index (χ3v) is 2.47. The SMILES string of the molecule is CC(C)NC(=O)CN(C)Cc1ccc(OC(F)(F)F)cc1. The van der Waals surface area contributed by atoms with Crippen LogP contribution in [-0.4, -0.2) is 36.8 Å². The van der Waals surface area contributed by atoms with Crippen LogP contribution in [0.25, 0.3) is 0 Å². The fourth-order valence-electron chi connectivity index (χ4n) is 1.78. The van der Waals surface area contributed by atoms with Crippen LogP contribution in [0.4, 0.5) is 13.2 Å². The van der Waals surface area contributed by atoms with Gasteiger partial charge in [-0.2, -0.15) is 0 Å². The van der Waals surface area contributed by atoms with Gasteiger partial charge < -0.3 is 10.1 Å². The van der Waals surface area contributed by atoms with Crippen LogP contribution in [0.2, 0.25) is 0 Å². The van der Waals surface area contributed by atoms with Crippen LogP contribution in [-0.2, 0) is 11.3 Å². The Morgan fingerprint density at radius 3 is 2.33 bits per heavy atom. The fourth-order valence-corrected chi connectivity index (χ4v) is 1.78. The second-order valence-electron chi connectivity index (χ2n) is 5.09. The summed E-state index contributed by atoms with van der Waals surface area (Å²) < 4.78 is 39.9. The van der Waals surface area contributed by atoms with Gasteiger partial charge in [0.15, 0.2) is 0 Å². The predicted octanol–water partition coefficient (Wildman–Crippen LogP) is 2.54. The summed E-state index contributed by atoms with van der Waals surface area (Å²) in [5, 5.41) is 2.77. The van der Waals surface area contributed by atoms with E-state index in [1.165, 1.54) is 24.3 Å². The van der Waals surface area contributed by atoms with Crippen LogP contribution in [0.15, 0.2) is 24.3 Å². The van der Waals surface area contributed by atoms with Gasteiger partial charge in [0, 0.05) is 12.6 Å². The number of ether oxygens (including phenoxy) is 1. The molecule has 0 bridgehead atoms. The van der Waals surface area contributed by atoms with Crippen LogP contribution in [0.3, 0.4) is 0 Å². The maximum Gasteiger partial charge on any atom is 0.573 e. The highest BCUT2D eigenvalue weighted by atomic mass is 19.4. The van der Waals surface area contributed by atoms with Crippen molar-refractivity contribution in [1.29, 1.82) is 0 Å². The number of alkyl halides is 3. The molecule has 0 aliphatic carbocycles. The van der Waals surface area contributed by atoms with E-state index < -0.39 is 6.36 Å². The highest BCUT2D eigenvalue weighted by Gasteiger charge is 2.30. The van der Waals surface area contributed by atoms with Gasteiger partial charge in [-0.25, -0.2) is 0 Å². The van der Waals surface area contributed by atoms with Gasteiger partial charge in [0.05, 0.1) is 6.54 Å². The van der Waals surface area contributed by atoms with E-state index in [1.807, 2.05) is 13.8 Å². The third kappa shape index (κ3) is 7.55. The van der Waals surface area contributed by atoms with Crippen molar-refractivity contribution in [3.8, 4) is 5.75 Å². The van der Waals surface area contributed by atoms with Gasteiger partial charge in [-0.15, -0.1) is 13.2 Å². The molecule has 0 unspecified atom stereocenters. The topological polar surface area (TPSA) is 41.6 Å². The first kappa shape index (κ1) is 17.3. The Labute approximate surface area is 121 Å². The summed E-state index contributed by atoms with van der Waals surface area (Å²) in [4.78, 5) is 13.3. The molecule has 0 atom stereocenters. The Balaban J connectivity index is 2.50. The molecule has 0 heterocycles. The zero-order chi connectivity index (χ0) is 16.0. The number of benzene rings is 1. The lowest BCUT2D eigenvalue weighted by molar-refractivity contribution is -0.274. The summed E-state index contributed by atoms with van der Waals surface area (Å²) in [7, 11) is 1.76. The van der Waals surface area contributed by atoms with E-state index in [0.717, 1.165) is 5.56 Å². The molecule has 1 N–H and O–H groups in total. The molecule has 0 saturated carbocycles. The minimum absolute atomic E-state index is 0.0738. The minimum atomic E-state index is -4.69. The molecule has 21 heavy (non-hydrogen) atoms. The monoisotopic (exact) mass is 304 g/mol. The van der Waals surface area contributed by atoms with Crippen molar-refractivity contribution in [2.75, 3.05) is 13.6 Å². The number of nitrogens with one attached hydrogen (secondary N) is 1. The third-order valence-electron chi connectivity index (χ3n) is 2.47. The largest absolute Gasteiger partial charge is 0.573 e. The zero-order valence-electron chi connectivity index (χ0n) is 12.2. The van der Waals surface area contributed by atoms with E-state index >= 15 is 0 Å². The van der Waals surface area contributed by atoms with Crippen LogP contribution >= 0.6 is 0 Å². The number of nitrogens with zero attached hydrogens (tertiary/aromatic N) is 1. The molecular formula is C14H19F3N2O2. The lowest BCUT2D eigenvalue weighted by Crippen LogP contribution is -2.38. The smallest absolute Gasteiger partial charge is 0.406 e. The average molecular weight is 304 g/mol. The minimum Gasteiger partial charge on any atom is -0.406 e. The van der Waals surface area contributed by atoms with Crippen molar-refractivity contribution in [1.82, 2.24) is 10.2 Å². The first-order valence-corrected chi connectivity index (χ1v) is 6.48. The lowest BCUT2D eigenvalue weighted by atomic mass is 10.2. The molecule has 0 spiro atoms. The van der Waals surface area contributed by atoms with Crippen LogP contribution in [0.1, 0.15) is 19.4 Å². The standard InChI is InChI=1S/C14H19F3N2O2/c1-10(2)18-13(20)9-19(3)8-11-4-6-12(7-5-11)21-14(15,16)17/h4-7,10H,8-9H2,1-3H3,(H,18,20). The van der Waals surface area contributed by atoms with Crippen LogP contribution in [0.5, 0.6) is 5.75 Å². The van der Waals surface area contributed by atoms with E-state index in [9.17, 15) is 18.0 Å². The number of rotatable bonds is 6. The number of carbonyl (C=O) groups is 1. The highest BCUT2D eigenvalue weighted by Crippen LogP contribution is 2.22. The van der Waals surface area contributed by atoms with Gasteiger partial charge in [-0.05, 0) is 38.6 Å². The van der Waals surface area contributed by atoms with Gasteiger partial charge in [-0.3, -0.25) is 9.69 Å². The molecule has 1 aromatic rings. The number of hydrogen-bond acceptors (Lipinski definition) is 3. The molecule has 1 amide bonds. The van der Waals surface area contributed by atoms with Crippen LogP contribution < -0.4 is 10.1 Å². The fraction of sp³-hybridized carbons (Fsp3) is 0.500. The summed E-state index contributed by atoms with van der Waals surface area (Å²) in [6.07, 6.45) is -4.69. The molecule has 0 fully saturated rings. The highest BCUT2D eigenvalue weighted by molar-refractivity contribution is 5.78. The molecular weight excluding hydrogens is 285 g/mol. The number of carbonyl (C=O) groups excluding carboxylic acids is 1.